The Morgan fingerprint density at radius 3 is 2.67 bits per heavy atom. The topological polar surface area (TPSA) is 59.4 Å². The Bertz CT molecular complexity index is 565. The van der Waals surface area contributed by atoms with Gasteiger partial charge in [-0.05, 0) is 12.1 Å². The number of carbonyl (C=O) groups is 1. The maximum absolute atomic E-state index is 11.1. The third-order valence-corrected chi connectivity index (χ3v) is 3.65. The lowest BCUT2D eigenvalue weighted by Crippen LogP contribution is -1.99. The number of carboxylic acid groups (broad SMARTS) is 1. The van der Waals surface area contributed by atoms with Gasteiger partial charge in [-0.15, -0.1) is 11.3 Å². The van der Waals surface area contributed by atoms with E-state index in [9.17, 15) is 4.79 Å². The quantitative estimate of drug-likeness (QED) is 0.935. The second-order valence-corrected chi connectivity index (χ2v) is 4.98. The summed E-state index contributed by atoms with van der Waals surface area (Å²) in [7, 11) is 1.51. The summed E-state index contributed by atoms with van der Waals surface area (Å²) in [5.74, 6) is -0.986. The second-order valence-electron chi connectivity index (χ2n) is 3.54. The number of nitrogens with zero attached hydrogens (tertiary/aromatic N) is 1. The molecule has 6 heteroatoms. The molecular weight excluding hydrogens is 274 g/mol. The first kappa shape index (κ1) is 13.0. The van der Waals surface area contributed by atoms with Crippen molar-refractivity contribution in [3.05, 3.63) is 39.9 Å². The van der Waals surface area contributed by atoms with Gasteiger partial charge in [0.05, 0.1) is 12.3 Å². The molecule has 2 rings (SSSR count). The number of methoxy groups -OCH3 is 1. The lowest BCUT2D eigenvalue weighted by atomic mass is 10.2. The summed E-state index contributed by atoms with van der Waals surface area (Å²) in [4.78, 5) is 15.6. The minimum absolute atomic E-state index is 0.186. The lowest BCUT2D eigenvalue weighted by Gasteiger charge is -1.96. The van der Waals surface area contributed by atoms with Crippen molar-refractivity contribution in [2.45, 2.75) is 6.61 Å². The highest BCUT2D eigenvalue weighted by Gasteiger charge is 2.17. The summed E-state index contributed by atoms with van der Waals surface area (Å²) >= 11 is 6.94. The second kappa shape index (κ2) is 5.48. The molecule has 0 saturated carbocycles. The zero-order valence-electron chi connectivity index (χ0n) is 9.51. The summed E-state index contributed by atoms with van der Waals surface area (Å²) in [6.07, 6.45) is 0. The van der Waals surface area contributed by atoms with Crippen LogP contribution in [0.15, 0.2) is 24.3 Å². The van der Waals surface area contributed by atoms with Crippen molar-refractivity contribution in [1.29, 1.82) is 0 Å². The molecule has 0 saturated heterocycles. The number of rotatable bonds is 4. The lowest BCUT2D eigenvalue weighted by molar-refractivity contribution is 0.0697. The van der Waals surface area contributed by atoms with E-state index in [2.05, 4.69) is 4.98 Å². The zero-order chi connectivity index (χ0) is 13.1. The van der Waals surface area contributed by atoms with E-state index in [1.54, 1.807) is 12.1 Å². The Balaban J connectivity index is 2.42. The van der Waals surface area contributed by atoms with Crippen molar-refractivity contribution in [3.63, 3.8) is 0 Å². The van der Waals surface area contributed by atoms with Gasteiger partial charge in [-0.1, -0.05) is 23.7 Å². The third kappa shape index (κ3) is 2.69. The summed E-state index contributed by atoms with van der Waals surface area (Å²) in [5.41, 5.74) is 1.29. The highest BCUT2D eigenvalue weighted by Crippen LogP contribution is 2.29. The Kier molecular flexibility index (Phi) is 3.96. The smallest absolute Gasteiger partial charge is 0.347 e. The molecule has 4 nitrogen and oxygen atoms in total. The minimum Gasteiger partial charge on any atom is -0.477 e. The molecule has 1 aromatic carbocycles. The SMILES string of the molecule is COCc1nc(-c2ccc(Cl)cc2)sc1C(=O)O. The van der Waals surface area contributed by atoms with Crippen LogP contribution in [0.25, 0.3) is 10.6 Å². The Morgan fingerprint density at radius 1 is 1.44 bits per heavy atom. The minimum atomic E-state index is -0.986. The molecule has 0 aliphatic carbocycles. The number of ether oxygens (including phenoxy) is 1. The molecule has 0 amide bonds. The number of hydrogen-bond acceptors (Lipinski definition) is 4. The van der Waals surface area contributed by atoms with Gasteiger partial charge in [-0.3, -0.25) is 0 Å². The maximum atomic E-state index is 11.1. The van der Waals surface area contributed by atoms with Crippen LogP contribution in [0.5, 0.6) is 0 Å². The van der Waals surface area contributed by atoms with Crippen LogP contribution < -0.4 is 0 Å². The van der Waals surface area contributed by atoms with E-state index >= 15 is 0 Å². The molecule has 94 valence electrons. The normalized spacial score (nSPS) is 10.6. The number of hydrogen-bond donors (Lipinski definition) is 1. The van der Waals surface area contributed by atoms with Crippen molar-refractivity contribution < 1.29 is 14.6 Å². The molecule has 0 spiro atoms. The first-order valence-corrected chi connectivity index (χ1v) is 6.29. The molecular formula is C12H10ClNO3S. The van der Waals surface area contributed by atoms with E-state index in [-0.39, 0.29) is 11.5 Å². The summed E-state index contributed by atoms with van der Waals surface area (Å²) < 4.78 is 4.95. The standard InChI is InChI=1S/C12H10ClNO3S/c1-17-6-9-10(12(15)16)18-11(14-9)7-2-4-8(13)5-3-7/h2-5H,6H2,1H3,(H,15,16). The van der Waals surface area contributed by atoms with Crippen molar-refractivity contribution in [2.24, 2.45) is 0 Å². The number of aromatic nitrogens is 1. The first-order chi connectivity index (χ1) is 8.61. The van der Waals surface area contributed by atoms with Crippen LogP contribution in [0, 0.1) is 0 Å². The molecule has 1 N–H and O–H groups in total. The molecule has 0 atom stereocenters. The largest absolute Gasteiger partial charge is 0.477 e. The van der Waals surface area contributed by atoms with E-state index in [0.29, 0.717) is 15.7 Å². The number of aromatic carboxylic acids is 1. The fourth-order valence-electron chi connectivity index (χ4n) is 1.47. The molecule has 2 aromatic rings. The van der Waals surface area contributed by atoms with Crippen LogP contribution in [-0.2, 0) is 11.3 Å². The average Bonchev–Trinajstić information content (AvgIpc) is 2.75. The van der Waals surface area contributed by atoms with E-state index in [1.807, 2.05) is 12.1 Å². The van der Waals surface area contributed by atoms with Gasteiger partial charge in [0.25, 0.3) is 0 Å². The van der Waals surface area contributed by atoms with Crippen LogP contribution in [0.2, 0.25) is 5.02 Å². The van der Waals surface area contributed by atoms with E-state index in [4.69, 9.17) is 21.4 Å². The van der Waals surface area contributed by atoms with Gasteiger partial charge >= 0.3 is 5.97 Å². The fraction of sp³-hybridized carbons (Fsp3) is 0.167. The van der Waals surface area contributed by atoms with Crippen LogP contribution in [0.3, 0.4) is 0 Å². The van der Waals surface area contributed by atoms with Crippen LogP contribution in [0.1, 0.15) is 15.4 Å². The molecule has 0 bridgehead atoms. The van der Waals surface area contributed by atoms with E-state index in [0.717, 1.165) is 16.9 Å². The highest BCUT2D eigenvalue weighted by atomic mass is 35.5. The van der Waals surface area contributed by atoms with Gasteiger partial charge in [0.15, 0.2) is 0 Å². The third-order valence-electron chi connectivity index (χ3n) is 2.26. The predicted molar refractivity (Wildman–Crippen MR) is 70.2 cm³/mol. The van der Waals surface area contributed by atoms with Crippen LogP contribution in [-0.4, -0.2) is 23.2 Å². The van der Waals surface area contributed by atoms with Crippen molar-refractivity contribution in [3.8, 4) is 10.6 Å². The molecule has 0 fully saturated rings. The Morgan fingerprint density at radius 2 is 2.11 bits per heavy atom. The summed E-state index contributed by atoms with van der Waals surface area (Å²) in [5, 5.41) is 10.4. The van der Waals surface area contributed by atoms with Gasteiger partial charge in [0, 0.05) is 17.7 Å². The molecule has 0 aliphatic rings. The van der Waals surface area contributed by atoms with Gasteiger partial charge < -0.3 is 9.84 Å². The molecule has 1 aromatic heterocycles. The van der Waals surface area contributed by atoms with E-state index < -0.39 is 5.97 Å². The van der Waals surface area contributed by atoms with Crippen LogP contribution >= 0.6 is 22.9 Å². The Labute approximate surface area is 113 Å². The number of halogens is 1. The Hall–Kier alpha value is -1.43. The number of benzene rings is 1. The number of carboxylic acids is 1. The summed E-state index contributed by atoms with van der Waals surface area (Å²) in [6, 6.07) is 7.11. The zero-order valence-corrected chi connectivity index (χ0v) is 11.1. The molecule has 1 heterocycles. The average molecular weight is 284 g/mol. The van der Waals surface area contributed by atoms with Gasteiger partial charge in [0.1, 0.15) is 9.88 Å². The predicted octanol–water partition coefficient (Wildman–Crippen LogP) is 3.31. The van der Waals surface area contributed by atoms with Crippen molar-refractivity contribution in [1.82, 2.24) is 4.98 Å². The van der Waals surface area contributed by atoms with Gasteiger partial charge in [0.2, 0.25) is 0 Å². The monoisotopic (exact) mass is 283 g/mol. The van der Waals surface area contributed by atoms with Crippen molar-refractivity contribution in [2.75, 3.05) is 7.11 Å². The van der Waals surface area contributed by atoms with Crippen LogP contribution in [0.4, 0.5) is 0 Å². The van der Waals surface area contributed by atoms with Gasteiger partial charge in [-0.25, -0.2) is 9.78 Å². The molecule has 0 radical (unpaired) electrons. The number of thiazole rings is 1. The van der Waals surface area contributed by atoms with Gasteiger partial charge in [-0.2, -0.15) is 0 Å². The molecule has 0 aliphatic heterocycles. The maximum Gasteiger partial charge on any atom is 0.347 e. The fourth-order valence-corrected chi connectivity index (χ4v) is 2.51. The molecule has 18 heavy (non-hydrogen) atoms. The van der Waals surface area contributed by atoms with E-state index in [1.165, 1.54) is 7.11 Å². The van der Waals surface area contributed by atoms with Crippen molar-refractivity contribution >= 4 is 28.9 Å². The highest BCUT2D eigenvalue weighted by molar-refractivity contribution is 7.17. The summed E-state index contributed by atoms with van der Waals surface area (Å²) in [6.45, 7) is 0.186. The first-order valence-electron chi connectivity index (χ1n) is 5.09. The molecule has 0 unspecified atom stereocenters.